The van der Waals surface area contributed by atoms with Crippen molar-refractivity contribution in [3.8, 4) is 0 Å². The molecule has 0 spiro atoms. The van der Waals surface area contributed by atoms with Gasteiger partial charge in [0.15, 0.2) is 0 Å². The Kier molecular flexibility index (Phi) is 28.2. The number of aliphatic hydroxyl groups excluding tert-OH is 1. The third-order valence-electron chi connectivity index (χ3n) is 9.06. The molecule has 1 unspecified atom stereocenters. The van der Waals surface area contributed by atoms with E-state index in [1.165, 1.54) is 63.4 Å². The van der Waals surface area contributed by atoms with Crippen molar-refractivity contribution in [2.75, 3.05) is 39.5 Å². The number of esters is 2. The smallest absolute Gasteiger partial charge is 0.313 e. The normalized spacial score (nSPS) is 12.3. The second kappa shape index (κ2) is 30.8. The summed E-state index contributed by atoms with van der Waals surface area (Å²) in [6.07, 6.45) is 26.5. The summed E-state index contributed by atoms with van der Waals surface area (Å²) in [6.45, 7) is 12.7. The molecule has 0 aliphatic carbocycles. The molecule has 1 atom stereocenters. The quantitative estimate of drug-likeness (QED) is 0.0467. The molecular weight excluding hydrogens is 598 g/mol. The highest BCUT2D eigenvalue weighted by atomic mass is 16.5. The number of hydrogen-bond acceptors (Lipinski definition) is 6. The fourth-order valence-corrected chi connectivity index (χ4v) is 6.00. The number of benzene rings is 1. The maximum Gasteiger partial charge on any atom is 0.313 e. The van der Waals surface area contributed by atoms with E-state index in [1.54, 1.807) is 0 Å². The van der Waals surface area contributed by atoms with Gasteiger partial charge in [-0.3, -0.25) is 9.59 Å². The zero-order valence-corrected chi connectivity index (χ0v) is 31.5. The van der Waals surface area contributed by atoms with E-state index in [-0.39, 0.29) is 24.5 Å². The van der Waals surface area contributed by atoms with Crippen LogP contribution in [0, 0.1) is 5.92 Å². The topological polar surface area (TPSA) is 76.1 Å². The van der Waals surface area contributed by atoms with Crippen LogP contribution in [-0.4, -0.2) is 61.4 Å². The summed E-state index contributed by atoms with van der Waals surface area (Å²) in [5.74, 6) is 0.116. The maximum absolute atomic E-state index is 12.6. The standard InChI is InChI=1S/C42H73NO5/c1-5-6-7-8-9-10-11-12-13-14-16-23-34-47-41(45)25-18-20-31-43(32-21-22-33-44)30-19-15-17-24-35-48-42(46)38(4)40-28-26-39(27-29-40)36-37(2)3/h16,23,26-29,37-38,44H,5-15,17-22,24-25,30-36H2,1-4H3/b23-16+. The van der Waals surface area contributed by atoms with Crippen LogP contribution < -0.4 is 0 Å². The van der Waals surface area contributed by atoms with E-state index in [4.69, 9.17) is 9.47 Å². The fraction of sp³-hybridized carbons (Fsp3) is 0.762. The Morgan fingerprint density at radius 3 is 1.94 bits per heavy atom. The Morgan fingerprint density at radius 2 is 1.29 bits per heavy atom. The highest BCUT2D eigenvalue weighted by molar-refractivity contribution is 5.77. The Morgan fingerprint density at radius 1 is 0.708 bits per heavy atom. The first kappa shape index (κ1) is 43.8. The zero-order chi connectivity index (χ0) is 35.1. The average molecular weight is 672 g/mol. The van der Waals surface area contributed by atoms with Crippen LogP contribution in [0.1, 0.15) is 167 Å². The first-order chi connectivity index (χ1) is 23.4. The number of unbranched alkanes of at least 4 members (excludes halogenated alkanes) is 14. The molecule has 0 radical (unpaired) electrons. The van der Waals surface area contributed by atoms with Crippen molar-refractivity contribution in [1.82, 2.24) is 4.90 Å². The largest absolute Gasteiger partial charge is 0.465 e. The van der Waals surface area contributed by atoms with Crippen molar-refractivity contribution in [1.29, 1.82) is 0 Å². The minimum absolute atomic E-state index is 0.107. The minimum Gasteiger partial charge on any atom is -0.465 e. The average Bonchev–Trinajstić information content (AvgIpc) is 3.07. The van der Waals surface area contributed by atoms with Crippen LogP contribution in [0.3, 0.4) is 0 Å². The Balaban J connectivity index is 2.12. The molecule has 6 heteroatoms. The van der Waals surface area contributed by atoms with Crippen molar-refractivity contribution in [2.45, 2.75) is 162 Å². The highest BCUT2D eigenvalue weighted by Gasteiger charge is 2.16. The SMILES string of the molecule is CCCCCCCCCCC/C=C/COC(=O)CCCCN(CCCCO)CCCCCCOC(=O)C(C)c1ccc(CC(C)C)cc1. The molecule has 0 fully saturated rings. The van der Waals surface area contributed by atoms with Crippen molar-refractivity contribution in [3.05, 3.63) is 47.5 Å². The number of allylic oxidation sites excluding steroid dienone is 1. The molecule has 0 amide bonds. The number of aliphatic hydroxyl groups is 1. The number of rotatable bonds is 32. The number of carbonyl (C=O) groups excluding carboxylic acids is 2. The van der Waals surface area contributed by atoms with E-state index >= 15 is 0 Å². The van der Waals surface area contributed by atoms with E-state index in [0.29, 0.717) is 25.6 Å². The van der Waals surface area contributed by atoms with Gasteiger partial charge in [0.1, 0.15) is 6.61 Å². The first-order valence-corrected chi connectivity index (χ1v) is 19.8. The molecule has 1 rings (SSSR count). The summed E-state index contributed by atoms with van der Waals surface area (Å²) in [7, 11) is 0. The Labute approximate surface area is 295 Å². The number of hydrogen-bond donors (Lipinski definition) is 1. The summed E-state index contributed by atoms with van der Waals surface area (Å²) in [5.41, 5.74) is 2.32. The van der Waals surface area contributed by atoms with Gasteiger partial charge in [-0.25, -0.2) is 0 Å². The van der Waals surface area contributed by atoms with E-state index in [0.717, 1.165) is 89.4 Å². The molecule has 0 saturated carbocycles. The van der Waals surface area contributed by atoms with E-state index < -0.39 is 0 Å². The third kappa shape index (κ3) is 24.9. The molecule has 1 N–H and O–H groups in total. The second-order valence-electron chi connectivity index (χ2n) is 14.1. The van der Waals surface area contributed by atoms with E-state index in [9.17, 15) is 14.7 Å². The number of nitrogens with zero attached hydrogens (tertiary/aromatic N) is 1. The van der Waals surface area contributed by atoms with Crippen molar-refractivity contribution >= 4 is 11.9 Å². The van der Waals surface area contributed by atoms with Crippen LogP contribution in [-0.2, 0) is 25.5 Å². The highest BCUT2D eigenvalue weighted by Crippen LogP contribution is 2.19. The van der Waals surface area contributed by atoms with Crippen molar-refractivity contribution < 1.29 is 24.2 Å². The predicted octanol–water partition coefficient (Wildman–Crippen LogP) is 10.4. The van der Waals surface area contributed by atoms with E-state index in [2.05, 4.69) is 56.0 Å². The maximum atomic E-state index is 12.6. The molecule has 0 aromatic heterocycles. The molecular formula is C42H73NO5. The van der Waals surface area contributed by atoms with Gasteiger partial charge in [-0.15, -0.1) is 0 Å². The third-order valence-corrected chi connectivity index (χ3v) is 9.06. The molecule has 6 nitrogen and oxygen atoms in total. The van der Waals surface area contributed by atoms with Crippen molar-refractivity contribution in [2.24, 2.45) is 5.92 Å². The van der Waals surface area contributed by atoms with Gasteiger partial charge in [0, 0.05) is 13.0 Å². The molecule has 0 aliphatic heterocycles. The lowest BCUT2D eigenvalue weighted by molar-refractivity contribution is -0.145. The second-order valence-corrected chi connectivity index (χ2v) is 14.1. The molecule has 0 aliphatic rings. The lowest BCUT2D eigenvalue weighted by Gasteiger charge is -2.22. The summed E-state index contributed by atoms with van der Waals surface area (Å²) >= 11 is 0. The van der Waals surface area contributed by atoms with Crippen LogP contribution in [0.5, 0.6) is 0 Å². The fourth-order valence-electron chi connectivity index (χ4n) is 6.00. The van der Waals surface area contributed by atoms with Gasteiger partial charge < -0.3 is 19.5 Å². The van der Waals surface area contributed by atoms with Gasteiger partial charge in [0.2, 0.25) is 0 Å². The van der Waals surface area contributed by atoms with Crippen molar-refractivity contribution in [3.63, 3.8) is 0 Å². The summed E-state index contributed by atoms with van der Waals surface area (Å²) in [4.78, 5) is 27.2. The summed E-state index contributed by atoms with van der Waals surface area (Å²) < 4.78 is 11.0. The van der Waals surface area contributed by atoms with Crippen LogP contribution in [0.4, 0.5) is 0 Å². The first-order valence-electron chi connectivity index (χ1n) is 19.8. The molecule has 276 valence electrons. The molecule has 48 heavy (non-hydrogen) atoms. The summed E-state index contributed by atoms with van der Waals surface area (Å²) in [5, 5.41) is 9.21. The van der Waals surface area contributed by atoms with E-state index in [1.807, 2.05) is 13.0 Å². The molecule has 1 aromatic rings. The van der Waals surface area contributed by atoms with Gasteiger partial charge in [0.05, 0.1) is 12.5 Å². The zero-order valence-electron chi connectivity index (χ0n) is 31.5. The molecule has 1 aromatic carbocycles. The van der Waals surface area contributed by atoms with Gasteiger partial charge in [-0.05, 0) is 101 Å². The predicted molar refractivity (Wildman–Crippen MR) is 201 cm³/mol. The monoisotopic (exact) mass is 672 g/mol. The lowest BCUT2D eigenvalue weighted by atomic mass is 9.97. The van der Waals surface area contributed by atoms with Gasteiger partial charge >= 0.3 is 11.9 Å². The minimum atomic E-state index is -0.247. The number of ether oxygens (including phenoxy) is 2. The van der Waals surface area contributed by atoms with Gasteiger partial charge in [0.25, 0.3) is 0 Å². The Bertz CT molecular complexity index is 928. The van der Waals surface area contributed by atoms with Crippen LogP contribution >= 0.6 is 0 Å². The Hall–Kier alpha value is -2.18. The molecule has 0 saturated heterocycles. The number of carbonyl (C=O) groups is 2. The summed E-state index contributed by atoms with van der Waals surface area (Å²) in [6, 6.07) is 8.36. The van der Waals surface area contributed by atoms with Crippen LogP contribution in [0.2, 0.25) is 0 Å². The molecule has 0 heterocycles. The van der Waals surface area contributed by atoms with Crippen LogP contribution in [0.15, 0.2) is 36.4 Å². The molecule has 0 bridgehead atoms. The lowest BCUT2D eigenvalue weighted by Crippen LogP contribution is -2.27. The van der Waals surface area contributed by atoms with Gasteiger partial charge in [-0.1, -0.05) is 121 Å². The van der Waals surface area contributed by atoms with Gasteiger partial charge in [-0.2, -0.15) is 0 Å². The van der Waals surface area contributed by atoms with Crippen LogP contribution in [0.25, 0.3) is 0 Å².